The van der Waals surface area contributed by atoms with Crippen LogP contribution in [0.3, 0.4) is 0 Å². The van der Waals surface area contributed by atoms with Crippen molar-refractivity contribution in [2.75, 3.05) is 14.2 Å². The summed E-state index contributed by atoms with van der Waals surface area (Å²) in [6, 6.07) is 5.68. The molecule has 1 aromatic carbocycles. The van der Waals surface area contributed by atoms with Gasteiger partial charge >= 0.3 is 0 Å². The summed E-state index contributed by atoms with van der Waals surface area (Å²) in [5.74, 6) is 1.20. The van der Waals surface area contributed by atoms with E-state index in [1.165, 1.54) is 11.8 Å². The Morgan fingerprint density at radius 2 is 1.96 bits per heavy atom. The minimum atomic E-state index is -0.316. The van der Waals surface area contributed by atoms with Crippen LogP contribution in [-0.4, -0.2) is 45.6 Å². The van der Waals surface area contributed by atoms with Crippen LogP contribution < -0.4 is 14.8 Å². The minimum Gasteiger partial charge on any atom is -0.493 e. The Morgan fingerprint density at radius 1 is 1.24 bits per heavy atom. The lowest BCUT2D eigenvalue weighted by molar-refractivity contribution is -0.120. The van der Waals surface area contributed by atoms with E-state index < -0.39 is 0 Å². The number of hydrogen-bond acceptors (Lipinski definition) is 7. The zero-order valence-corrected chi connectivity index (χ0v) is 15.8. The van der Waals surface area contributed by atoms with Gasteiger partial charge in [-0.15, -0.1) is 5.10 Å². The fraction of sp³-hybridized carbons (Fsp3) is 0.500. The van der Waals surface area contributed by atoms with Gasteiger partial charge in [0.2, 0.25) is 11.1 Å². The maximum atomic E-state index is 12.3. The Bertz CT molecular complexity index is 720. The van der Waals surface area contributed by atoms with Crippen molar-refractivity contribution in [1.29, 1.82) is 0 Å². The van der Waals surface area contributed by atoms with Crippen molar-refractivity contribution in [3.63, 3.8) is 0 Å². The first kappa shape index (κ1) is 19.0. The number of carbonyl (C=O) groups excluding carboxylic acids is 1. The van der Waals surface area contributed by atoms with Crippen molar-refractivity contribution in [1.82, 2.24) is 25.5 Å². The number of thioether (sulfide) groups is 1. The number of carbonyl (C=O) groups is 1. The van der Waals surface area contributed by atoms with E-state index in [-0.39, 0.29) is 17.2 Å². The van der Waals surface area contributed by atoms with Gasteiger partial charge in [0.15, 0.2) is 11.5 Å². The van der Waals surface area contributed by atoms with E-state index in [1.807, 2.05) is 39.0 Å². The van der Waals surface area contributed by atoms with Crippen molar-refractivity contribution >= 4 is 17.7 Å². The molecule has 0 bridgehead atoms. The molecule has 0 spiro atoms. The van der Waals surface area contributed by atoms with Crippen LogP contribution in [0.5, 0.6) is 11.5 Å². The second-order valence-electron chi connectivity index (χ2n) is 5.67. The average Bonchev–Trinajstić information content (AvgIpc) is 3.07. The Morgan fingerprint density at radius 3 is 2.60 bits per heavy atom. The van der Waals surface area contributed by atoms with Gasteiger partial charge in [0.1, 0.15) is 0 Å². The van der Waals surface area contributed by atoms with E-state index in [0.717, 1.165) is 5.56 Å². The zero-order valence-electron chi connectivity index (χ0n) is 15.0. The molecule has 0 saturated heterocycles. The summed E-state index contributed by atoms with van der Waals surface area (Å²) in [5.41, 5.74) is 0.926. The number of rotatable bonds is 8. The molecular formula is C16H23N5O3S. The number of nitrogens with one attached hydrogen (secondary N) is 1. The van der Waals surface area contributed by atoms with E-state index in [4.69, 9.17) is 9.47 Å². The lowest BCUT2D eigenvalue weighted by Crippen LogP contribution is -2.30. The Kier molecular flexibility index (Phi) is 6.63. The van der Waals surface area contributed by atoms with E-state index in [9.17, 15) is 4.79 Å². The first-order valence-corrected chi connectivity index (χ1v) is 8.77. The molecule has 25 heavy (non-hydrogen) atoms. The van der Waals surface area contributed by atoms with Gasteiger partial charge in [0.05, 0.1) is 25.5 Å². The van der Waals surface area contributed by atoms with E-state index in [1.54, 1.807) is 18.9 Å². The average molecular weight is 365 g/mol. The van der Waals surface area contributed by atoms with Gasteiger partial charge in [-0.25, -0.2) is 4.68 Å². The van der Waals surface area contributed by atoms with Gasteiger partial charge in [-0.1, -0.05) is 17.8 Å². The number of benzene rings is 1. The van der Waals surface area contributed by atoms with Crippen LogP contribution in [0.25, 0.3) is 0 Å². The Labute approximate surface area is 151 Å². The largest absolute Gasteiger partial charge is 0.493 e. The summed E-state index contributed by atoms with van der Waals surface area (Å²) < 4.78 is 12.2. The quantitative estimate of drug-likeness (QED) is 0.716. The summed E-state index contributed by atoms with van der Waals surface area (Å²) in [6.07, 6.45) is 0. The number of methoxy groups -OCH3 is 2. The molecule has 0 aliphatic rings. The second kappa shape index (κ2) is 8.70. The monoisotopic (exact) mass is 365 g/mol. The lowest BCUT2D eigenvalue weighted by Gasteiger charge is -2.14. The van der Waals surface area contributed by atoms with Crippen LogP contribution in [0.4, 0.5) is 0 Å². The second-order valence-corrected chi connectivity index (χ2v) is 6.97. The van der Waals surface area contributed by atoms with Crippen LogP contribution >= 0.6 is 11.8 Å². The summed E-state index contributed by atoms with van der Waals surface area (Å²) >= 11 is 1.33. The summed E-state index contributed by atoms with van der Waals surface area (Å²) in [5, 5.41) is 14.8. The predicted molar refractivity (Wildman–Crippen MR) is 94.9 cm³/mol. The van der Waals surface area contributed by atoms with Gasteiger partial charge in [-0.3, -0.25) is 4.79 Å². The summed E-state index contributed by atoms with van der Waals surface area (Å²) in [7, 11) is 3.17. The number of hydrogen-bond donors (Lipinski definition) is 1. The lowest BCUT2D eigenvalue weighted by atomic mass is 10.2. The third-order valence-corrected chi connectivity index (χ3v) is 4.57. The van der Waals surface area contributed by atoms with Crippen LogP contribution in [0.1, 0.15) is 32.4 Å². The molecule has 136 valence electrons. The molecule has 0 saturated carbocycles. The van der Waals surface area contributed by atoms with Gasteiger partial charge in [-0.05, 0) is 48.9 Å². The fourth-order valence-corrected chi connectivity index (χ4v) is 3.07. The SMILES string of the molecule is COc1ccc(CNC(=O)[C@H](C)Sc2nnnn2C(C)C)cc1OC. The molecule has 0 unspecified atom stereocenters. The smallest absolute Gasteiger partial charge is 0.233 e. The van der Waals surface area contributed by atoms with E-state index >= 15 is 0 Å². The molecule has 2 rings (SSSR count). The van der Waals surface area contributed by atoms with Crippen molar-refractivity contribution in [2.45, 2.75) is 43.8 Å². The number of nitrogens with zero attached hydrogens (tertiary/aromatic N) is 4. The third kappa shape index (κ3) is 4.85. The van der Waals surface area contributed by atoms with Gasteiger partial charge in [-0.2, -0.15) is 0 Å². The third-order valence-electron chi connectivity index (χ3n) is 3.52. The minimum absolute atomic E-state index is 0.0851. The van der Waals surface area contributed by atoms with Crippen molar-refractivity contribution in [3.8, 4) is 11.5 Å². The van der Waals surface area contributed by atoms with Crippen LogP contribution in [-0.2, 0) is 11.3 Å². The molecule has 0 aliphatic heterocycles. The Balaban J connectivity index is 1.94. The molecule has 0 aliphatic carbocycles. The molecule has 9 heteroatoms. The van der Waals surface area contributed by atoms with Crippen LogP contribution in [0, 0.1) is 0 Å². The number of amides is 1. The zero-order chi connectivity index (χ0) is 18.4. The van der Waals surface area contributed by atoms with E-state index in [0.29, 0.717) is 23.2 Å². The first-order valence-electron chi connectivity index (χ1n) is 7.89. The molecule has 0 fully saturated rings. The summed E-state index contributed by atoms with van der Waals surface area (Å²) in [4.78, 5) is 12.3. The maximum absolute atomic E-state index is 12.3. The maximum Gasteiger partial charge on any atom is 0.233 e. The predicted octanol–water partition coefficient (Wildman–Crippen LogP) is 2.07. The highest BCUT2D eigenvalue weighted by Crippen LogP contribution is 2.27. The van der Waals surface area contributed by atoms with E-state index in [2.05, 4.69) is 20.8 Å². The number of aromatic nitrogens is 4. The topological polar surface area (TPSA) is 91.2 Å². The normalized spacial score (nSPS) is 12.1. The first-order chi connectivity index (χ1) is 12.0. The molecule has 0 radical (unpaired) electrons. The van der Waals surface area contributed by atoms with Crippen LogP contribution in [0.15, 0.2) is 23.4 Å². The Hall–Kier alpha value is -2.29. The van der Waals surface area contributed by atoms with Crippen molar-refractivity contribution < 1.29 is 14.3 Å². The molecule has 1 heterocycles. The fourth-order valence-electron chi connectivity index (χ4n) is 2.12. The van der Waals surface area contributed by atoms with Gasteiger partial charge < -0.3 is 14.8 Å². The molecule has 2 aromatic rings. The number of tetrazole rings is 1. The van der Waals surface area contributed by atoms with Crippen molar-refractivity contribution in [3.05, 3.63) is 23.8 Å². The van der Waals surface area contributed by atoms with Gasteiger partial charge in [0.25, 0.3) is 0 Å². The highest BCUT2D eigenvalue weighted by Gasteiger charge is 2.19. The molecule has 1 amide bonds. The van der Waals surface area contributed by atoms with Gasteiger partial charge in [0, 0.05) is 6.54 Å². The molecular weight excluding hydrogens is 342 g/mol. The number of ether oxygens (including phenoxy) is 2. The standard InChI is InChI=1S/C16H23N5O3S/c1-10(2)21-16(18-19-20-21)25-11(3)15(22)17-9-12-6-7-13(23-4)14(8-12)24-5/h6-8,10-11H,9H2,1-5H3,(H,17,22)/t11-/m0/s1. The van der Waals surface area contributed by atoms with Crippen molar-refractivity contribution in [2.24, 2.45) is 0 Å². The highest BCUT2D eigenvalue weighted by atomic mass is 32.2. The van der Waals surface area contributed by atoms with Crippen LogP contribution in [0.2, 0.25) is 0 Å². The highest BCUT2D eigenvalue weighted by molar-refractivity contribution is 8.00. The molecule has 1 atom stereocenters. The summed E-state index contributed by atoms with van der Waals surface area (Å²) in [6.45, 7) is 6.21. The molecule has 1 aromatic heterocycles. The molecule has 1 N–H and O–H groups in total. The molecule has 8 nitrogen and oxygen atoms in total.